The van der Waals surface area contributed by atoms with Gasteiger partial charge in [-0.3, -0.25) is 11.3 Å². The summed E-state index contributed by atoms with van der Waals surface area (Å²) in [6.07, 6.45) is 5.84. The second-order valence-electron chi connectivity index (χ2n) is 3.01. The van der Waals surface area contributed by atoms with Crippen LogP contribution in [0.25, 0.3) is 0 Å². The highest BCUT2D eigenvalue weighted by Crippen LogP contribution is 2.27. The first-order valence-corrected chi connectivity index (χ1v) is 5.91. The van der Waals surface area contributed by atoms with E-state index in [4.69, 9.17) is 23.9 Å². The zero-order chi connectivity index (χ0) is 11.1. The van der Waals surface area contributed by atoms with Gasteiger partial charge in [0, 0.05) is 23.1 Å². The van der Waals surface area contributed by atoms with Crippen LogP contribution in [-0.4, -0.2) is 11.8 Å². The smallest absolute Gasteiger partial charge is 0.0541 e. The van der Waals surface area contributed by atoms with E-state index in [1.165, 1.54) is 0 Å². The van der Waals surface area contributed by atoms with Crippen molar-refractivity contribution in [1.82, 2.24) is 5.43 Å². The van der Waals surface area contributed by atoms with Crippen LogP contribution in [0.2, 0.25) is 5.02 Å². The van der Waals surface area contributed by atoms with Gasteiger partial charge in [0.25, 0.3) is 0 Å². The lowest BCUT2D eigenvalue weighted by Gasteiger charge is -2.12. The Morgan fingerprint density at radius 2 is 2.27 bits per heavy atom. The third kappa shape index (κ3) is 4.15. The van der Waals surface area contributed by atoms with Crippen LogP contribution >= 0.6 is 23.4 Å². The maximum atomic E-state index is 6.02. The zero-order valence-corrected chi connectivity index (χ0v) is 9.81. The van der Waals surface area contributed by atoms with Crippen molar-refractivity contribution < 1.29 is 0 Å². The van der Waals surface area contributed by atoms with Crippen LogP contribution in [0.1, 0.15) is 6.42 Å². The van der Waals surface area contributed by atoms with Gasteiger partial charge < -0.3 is 0 Å². The fourth-order valence-electron chi connectivity index (χ4n) is 1.06. The van der Waals surface area contributed by atoms with Crippen molar-refractivity contribution in [2.75, 3.05) is 5.75 Å². The average Bonchev–Trinajstić information content (AvgIpc) is 2.26. The van der Waals surface area contributed by atoms with Crippen LogP contribution in [0, 0.1) is 12.3 Å². The largest absolute Gasteiger partial charge is 0.271 e. The summed E-state index contributed by atoms with van der Waals surface area (Å²) in [5, 5.41) is 0.763. The molecule has 0 aliphatic rings. The Morgan fingerprint density at radius 1 is 1.53 bits per heavy atom. The lowest BCUT2D eigenvalue weighted by atomic mass is 10.3. The zero-order valence-electron chi connectivity index (χ0n) is 8.24. The summed E-state index contributed by atoms with van der Waals surface area (Å²) in [5.74, 6) is 8.76. The third-order valence-corrected chi connectivity index (χ3v) is 3.55. The van der Waals surface area contributed by atoms with Crippen LogP contribution < -0.4 is 11.3 Å². The third-order valence-electron chi connectivity index (χ3n) is 1.88. The van der Waals surface area contributed by atoms with E-state index in [1.54, 1.807) is 11.8 Å². The number of hydrogen-bond donors (Lipinski definition) is 2. The lowest BCUT2D eigenvalue weighted by molar-refractivity contribution is 0.592. The predicted octanol–water partition coefficient (Wildman–Crippen LogP) is 2.29. The van der Waals surface area contributed by atoms with Crippen molar-refractivity contribution in [3.8, 4) is 12.3 Å². The molecule has 0 aliphatic heterocycles. The predicted molar refractivity (Wildman–Crippen MR) is 66.7 cm³/mol. The summed E-state index contributed by atoms with van der Waals surface area (Å²) in [7, 11) is 0. The van der Waals surface area contributed by atoms with Gasteiger partial charge in [0.2, 0.25) is 0 Å². The molecule has 1 aromatic carbocycles. The van der Waals surface area contributed by atoms with E-state index in [-0.39, 0.29) is 6.04 Å². The SMILES string of the molecule is C#CCC(CSc1ccccc1Cl)NN. The highest BCUT2D eigenvalue weighted by Gasteiger charge is 2.06. The van der Waals surface area contributed by atoms with E-state index in [0.29, 0.717) is 6.42 Å². The molecule has 0 aliphatic carbocycles. The van der Waals surface area contributed by atoms with Gasteiger partial charge in [-0.15, -0.1) is 24.1 Å². The number of thioether (sulfide) groups is 1. The molecule has 0 saturated carbocycles. The number of hydrogen-bond acceptors (Lipinski definition) is 3. The first-order chi connectivity index (χ1) is 7.27. The topological polar surface area (TPSA) is 38.0 Å². The molecule has 0 fully saturated rings. The van der Waals surface area contributed by atoms with Crippen LogP contribution in [0.15, 0.2) is 29.2 Å². The number of benzene rings is 1. The molecule has 0 heterocycles. The second kappa shape index (κ2) is 6.76. The first-order valence-electron chi connectivity index (χ1n) is 4.55. The molecule has 0 aromatic heterocycles. The minimum atomic E-state index is 0.122. The minimum Gasteiger partial charge on any atom is -0.271 e. The molecule has 0 saturated heterocycles. The highest BCUT2D eigenvalue weighted by atomic mass is 35.5. The Hall–Kier alpha value is -0.660. The van der Waals surface area contributed by atoms with Gasteiger partial charge >= 0.3 is 0 Å². The molecule has 3 N–H and O–H groups in total. The molecule has 1 aromatic rings. The molecule has 1 rings (SSSR count). The van der Waals surface area contributed by atoms with E-state index in [1.807, 2.05) is 24.3 Å². The number of nitrogens with one attached hydrogen (secondary N) is 1. The molecule has 1 atom stereocenters. The highest BCUT2D eigenvalue weighted by molar-refractivity contribution is 7.99. The van der Waals surface area contributed by atoms with Crippen LogP contribution in [-0.2, 0) is 0 Å². The fraction of sp³-hybridized carbons (Fsp3) is 0.273. The quantitative estimate of drug-likeness (QED) is 0.359. The first kappa shape index (κ1) is 12.4. The van der Waals surface area contributed by atoms with Gasteiger partial charge in [-0.25, -0.2) is 0 Å². The monoisotopic (exact) mass is 240 g/mol. The molecule has 2 nitrogen and oxygen atoms in total. The van der Waals surface area contributed by atoms with Gasteiger partial charge in [0.05, 0.1) is 5.02 Å². The van der Waals surface area contributed by atoms with E-state index < -0.39 is 0 Å². The van der Waals surface area contributed by atoms with Crippen molar-refractivity contribution in [3.63, 3.8) is 0 Å². The fourth-order valence-corrected chi connectivity index (χ4v) is 2.34. The van der Waals surface area contributed by atoms with Crippen LogP contribution in [0.3, 0.4) is 0 Å². The Labute approximate surface area is 99.5 Å². The van der Waals surface area contributed by atoms with E-state index in [0.717, 1.165) is 15.7 Å². The number of nitrogens with two attached hydrogens (primary N) is 1. The van der Waals surface area contributed by atoms with Crippen LogP contribution in [0.4, 0.5) is 0 Å². The van der Waals surface area contributed by atoms with Crippen molar-refractivity contribution in [2.24, 2.45) is 5.84 Å². The summed E-state index contributed by atoms with van der Waals surface area (Å²) >= 11 is 7.66. The maximum absolute atomic E-state index is 6.02. The Bertz CT molecular complexity index is 349. The number of hydrazine groups is 1. The van der Waals surface area contributed by atoms with Gasteiger partial charge in [-0.2, -0.15) is 0 Å². The number of terminal acetylenes is 1. The maximum Gasteiger partial charge on any atom is 0.0541 e. The molecule has 0 amide bonds. The summed E-state index contributed by atoms with van der Waals surface area (Å²) < 4.78 is 0. The Kier molecular flexibility index (Phi) is 5.59. The molecular formula is C11H13ClN2S. The summed E-state index contributed by atoms with van der Waals surface area (Å²) in [6.45, 7) is 0. The number of rotatable bonds is 5. The standard InChI is InChI=1S/C11H13ClN2S/c1-2-5-9(14-13)8-15-11-7-4-3-6-10(11)12/h1,3-4,6-7,9,14H,5,8,13H2. The molecule has 0 radical (unpaired) electrons. The van der Waals surface area contributed by atoms with Gasteiger partial charge in [-0.05, 0) is 12.1 Å². The molecular weight excluding hydrogens is 228 g/mol. The lowest BCUT2D eigenvalue weighted by Crippen LogP contribution is -2.36. The summed E-state index contributed by atoms with van der Waals surface area (Å²) in [4.78, 5) is 1.05. The van der Waals surface area contributed by atoms with Gasteiger partial charge in [0.1, 0.15) is 0 Å². The Balaban J connectivity index is 2.49. The molecule has 0 bridgehead atoms. The van der Waals surface area contributed by atoms with Crippen molar-refractivity contribution in [3.05, 3.63) is 29.3 Å². The van der Waals surface area contributed by atoms with E-state index >= 15 is 0 Å². The molecule has 15 heavy (non-hydrogen) atoms. The molecule has 80 valence electrons. The van der Waals surface area contributed by atoms with Crippen molar-refractivity contribution >= 4 is 23.4 Å². The average molecular weight is 241 g/mol. The second-order valence-corrected chi connectivity index (χ2v) is 4.48. The summed E-state index contributed by atoms with van der Waals surface area (Å²) in [6, 6.07) is 7.84. The molecule has 0 spiro atoms. The van der Waals surface area contributed by atoms with Gasteiger partial charge in [0.15, 0.2) is 0 Å². The van der Waals surface area contributed by atoms with Crippen molar-refractivity contribution in [2.45, 2.75) is 17.4 Å². The van der Waals surface area contributed by atoms with E-state index in [2.05, 4.69) is 11.3 Å². The van der Waals surface area contributed by atoms with Crippen LogP contribution in [0.5, 0.6) is 0 Å². The van der Waals surface area contributed by atoms with Crippen molar-refractivity contribution in [1.29, 1.82) is 0 Å². The Morgan fingerprint density at radius 3 is 2.87 bits per heavy atom. The van der Waals surface area contributed by atoms with E-state index in [9.17, 15) is 0 Å². The minimum absolute atomic E-state index is 0.122. The molecule has 1 unspecified atom stereocenters. The molecule has 4 heteroatoms. The normalized spacial score (nSPS) is 12.1. The van der Waals surface area contributed by atoms with Gasteiger partial charge in [-0.1, -0.05) is 23.7 Å². The number of halogens is 1. The summed E-state index contributed by atoms with van der Waals surface area (Å²) in [5.41, 5.74) is 2.69.